The smallest absolute Gasteiger partial charge is 0.253 e. The maximum absolute atomic E-state index is 12.4. The number of nitrogens with zero attached hydrogens (tertiary/aromatic N) is 2. The van der Waals surface area contributed by atoms with Crippen LogP contribution in [-0.2, 0) is 13.1 Å². The van der Waals surface area contributed by atoms with Crippen LogP contribution in [0.3, 0.4) is 0 Å². The molecule has 1 aromatic carbocycles. The Morgan fingerprint density at radius 1 is 1.08 bits per heavy atom. The summed E-state index contributed by atoms with van der Waals surface area (Å²) in [5.74, 6) is 0.616. The van der Waals surface area contributed by atoms with E-state index in [0.29, 0.717) is 18.7 Å². The summed E-state index contributed by atoms with van der Waals surface area (Å²) in [7, 11) is 1.62. The van der Waals surface area contributed by atoms with E-state index >= 15 is 0 Å². The van der Waals surface area contributed by atoms with Gasteiger partial charge in [-0.3, -0.25) is 14.8 Å². The van der Waals surface area contributed by atoms with E-state index in [1.54, 1.807) is 31.8 Å². The molecule has 0 saturated heterocycles. The fraction of sp³-hybridized carbons (Fsp3) is 0.150. The van der Waals surface area contributed by atoms with E-state index in [-0.39, 0.29) is 5.91 Å². The minimum atomic E-state index is -0.171. The average molecular weight is 348 g/mol. The molecule has 2 heterocycles. The van der Waals surface area contributed by atoms with Gasteiger partial charge in [0.2, 0.25) is 0 Å². The zero-order chi connectivity index (χ0) is 18.2. The topological polar surface area (TPSA) is 76.1 Å². The summed E-state index contributed by atoms with van der Waals surface area (Å²) in [6, 6.07) is 15.1. The van der Waals surface area contributed by atoms with Crippen LogP contribution in [0.25, 0.3) is 0 Å². The Balaban J connectivity index is 1.57. The molecule has 0 unspecified atom stereocenters. The zero-order valence-corrected chi connectivity index (χ0v) is 14.5. The van der Waals surface area contributed by atoms with Crippen LogP contribution in [0.2, 0.25) is 0 Å². The van der Waals surface area contributed by atoms with Gasteiger partial charge in [0.05, 0.1) is 30.6 Å². The summed E-state index contributed by atoms with van der Waals surface area (Å²) in [4.78, 5) is 20.7. The van der Waals surface area contributed by atoms with Gasteiger partial charge in [-0.05, 0) is 35.9 Å². The normalized spacial score (nSPS) is 10.2. The lowest BCUT2D eigenvalue weighted by molar-refractivity contribution is 0.0950. The standard InChI is InChI=1S/C20H20N4O2/c1-26-19-7-5-15(6-8-19)11-24-20(25)16-10-18(13-21-12-16)23-14-17-4-2-3-9-22-17/h2-10,12-13,23H,11,14H2,1H3,(H,24,25). The van der Waals surface area contributed by atoms with Crippen LogP contribution in [0, 0.1) is 0 Å². The number of hydrogen-bond donors (Lipinski definition) is 2. The molecule has 1 amide bonds. The molecule has 0 aliphatic carbocycles. The van der Waals surface area contributed by atoms with Gasteiger partial charge in [-0.2, -0.15) is 0 Å². The van der Waals surface area contributed by atoms with Crippen molar-refractivity contribution in [2.75, 3.05) is 12.4 Å². The summed E-state index contributed by atoms with van der Waals surface area (Å²) < 4.78 is 5.13. The highest BCUT2D eigenvalue weighted by Crippen LogP contribution is 2.12. The van der Waals surface area contributed by atoms with Crippen LogP contribution in [0.4, 0.5) is 5.69 Å². The van der Waals surface area contributed by atoms with Crippen molar-refractivity contribution in [3.05, 3.63) is 83.9 Å². The van der Waals surface area contributed by atoms with Gasteiger partial charge < -0.3 is 15.4 Å². The van der Waals surface area contributed by atoms with Crippen LogP contribution in [-0.4, -0.2) is 23.0 Å². The minimum Gasteiger partial charge on any atom is -0.497 e. The molecule has 132 valence electrons. The number of amides is 1. The molecule has 3 rings (SSSR count). The van der Waals surface area contributed by atoms with Crippen molar-refractivity contribution in [2.24, 2.45) is 0 Å². The number of anilines is 1. The van der Waals surface area contributed by atoms with E-state index in [2.05, 4.69) is 20.6 Å². The first kappa shape index (κ1) is 17.4. The molecular weight excluding hydrogens is 328 g/mol. The van der Waals surface area contributed by atoms with E-state index in [4.69, 9.17) is 4.74 Å². The van der Waals surface area contributed by atoms with E-state index in [9.17, 15) is 4.79 Å². The summed E-state index contributed by atoms with van der Waals surface area (Å²) in [6.07, 6.45) is 4.98. The van der Waals surface area contributed by atoms with Crippen LogP contribution in [0.1, 0.15) is 21.6 Å². The van der Waals surface area contributed by atoms with Gasteiger partial charge in [-0.1, -0.05) is 18.2 Å². The second kappa shape index (κ2) is 8.62. The second-order valence-corrected chi connectivity index (χ2v) is 5.67. The predicted octanol–water partition coefficient (Wildman–Crippen LogP) is 3.03. The first-order valence-electron chi connectivity index (χ1n) is 8.24. The Morgan fingerprint density at radius 3 is 2.65 bits per heavy atom. The molecule has 6 nitrogen and oxygen atoms in total. The Hall–Kier alpha value is -3.41. The molecule has 0 atom stereocenters. The summed E-state index contributed by atoms with van der Waals surface area (Å²) in [6.45, 7) is 1.01. The molecule has 0 fully saturated rings. The fourth-order valence-electron chi connectivity index (χ4n) is 2.38. The van der Waals surface area contributed by atoms with Gasteiger partial charge in [-0.15, -0.1) is 0 Å². The van der Waals surface area contributed by atoms with Crippen molar-refractivity contribution in [2.45, 2.75) is 13.1 Å². The van der Waals surface area contributed by atoms with Crippen molar-refractivity contribution in [3.8, 4) is 5.75 Å². The molecule has 26 heavy (non-hydrogen) atoms. The Morgan fingerprint density at radius 2 is 1.92 bits per heavy atom. The largest absolute Gasteiger partial charge is 0.497 e. The average Bonchev–Trinajstić information content (AvgIpc) is 2.72. The molecule has 2 aromatic heterocycles. The maximum Gasteiger partial charge on any atom is 0.253 e. The number of methoxy groups -OCH3 is 1. The van der Waals surface area contributed by atoms with Gasteiger partial charge in [0, 0.05) is 25.1 Å². The predicted molar refractivity (Wildman–Crippen MR) is 100.0 cm³/mol. The third-order valence-electron chi connectivity index (χ3n) is 3.81. The molecular formula is C20H20N4O2. The highest BCUT2D eigenvalue weighted by atomic mass is 16.5. The van der Waals surface area contributed by atoms with Crippen molar-refractivity contribution in [3.63, 3.8) is 0 Å². The SMILES string of the molecule is COc1ccc(CNC(=O)c2cncc(NCc3ccccn3)c2)cc1. The molecule has 0 aliphatic heterocycles. The number of hydrogen-bond acceptors (Lipinski definition) is 5. The molecule has 6 heteroatoms. The van der Waals surface area contributed by atoms with Crippen LogP contribution in [0.5, 0.6) is 5.75 Å². The zero-order valence-electron chi connectivity index (χ0n) is 14.5. The first-order chi connectivity index (χ1) is 12.7. The lowest BCUT2D eigenvalue weighted by atomic mass is 10.2. The Kier molecular flexibility index (Phi) is 5.77. The van der Waals surface area contributed by atoms with Crippen LogP contribution >= 0.6 is 0 Å². The molecule has 3 aromatic rings. The summed E-state index contributed by atoms with van der Waals surface area (Å²) in [5.41, 5.74) is 3.19. The van der Waals surface area contributed by atoms with E-state index < -0.39 is 0 Å². The third-order valence-corrected chi connectivity index (χ3v) is 3.81. The van der Waals surface area contributed by atoms with Crippen molar-refractivity contribution >= 4 is 11.6 Å². The monoisotopic (exact) mass is 348 g/mol. The third kappa shape index (κ3) is 4.80. The number of pyridine rings is 2. The number of ether oxygens (including phenoxy) is 1. The van der Waals surface area contributed by atoms with Gasteiger partial charge in [0.25, 0.3) is 5.91 Å². The van der Waals surface area contributed by atoms with Gasteiger partial charge in [0.15, 0.2) is 0 Å². The number of carbonyl (C=O) groups is 1. The minimum absolute atomic E-state index is 0.171. The maximum atomic E-state index is 12.4. The summed E-state index contributed by atoms with van der Waals surface area (Å²) in [5, 5.41) is 6.12. The Labute approximate surface area is 152 Å². The van der Waals surface area contributed by atoms with Gasteiger partial charge in [0.1, 0.15) is 5.75 Å². The van der Waals surface area contributed by atoms with E-state index in [1.165, 1.54) is 0 Å². The number of rotatable bonds is 7. The van der Waals surface area contributed by atoms with Gasteiger partial charge in [-0.25, -0.2) is 0 Å². The number of carbonyl (C=O) groups excluding carboxylic acids is 1. The fourth-order valence-corrected chi connectivity index (χ4v) is 2.38. The molecule has 0 spiro atoms. The number of aromatic nitrogens is 2. The highest BCUT2D eigenvalue weighted by Gasteiger charge is 2.07. The number of nitrogens with one attached hydrogen (secondary N) is 2. The first-order valence-corrected chi connectivity index (χ1v) is 8.24. The Bertz CT molecular complexity index is 851. The molecule has 2 N–H and O–H groups in total. The number of benzene rings is 1. The van der Waals surface area contributed by atoms with E-state index in [0.717, 1.165) is 22.7 Å². The second-order valence-electron chi connectivity index (χ2n) is 5.67. The van der Waals surface area contributed by atoms with E-state index in [1.807, 2.05) is 42.5 Å². The van der Waals surface area contributed by atoms with Crippen LogP contribution in [0.15, 0.2) is 67.1 Å². The molecule has 0 aliphatic rings. The molecule has 0 bridgehead atoms. The lowest BCUT2D eigenvalue weighted by Crippen LogP contribution is -2.23. The highest BCUT2D eigenvalue weighted by molar-refractivity contribution is 5.94. The molecule has 0 radical (unpaired) electrons. The van der Waals surface area contributed by atoms with Gasteiger partial charge >= 0.3 is 0 Å². The molecule has 0 saturated carbocycles. The lowest BCUT2D eigenvalue weighted by Gasteiger charge is -2.09. The van der Waals surface area contributed by atoms with Crippen molar-refractivity contribution < 1.29 is 9.53 Å². The summed E-state index contributed by atoms with van der Waals surface area (Å²) >= 11 is 0. The quantitative estimate of drug-likeness (QED) is 0.686. The van der Waals surface area contributed by atoms with Crippen molar-refractivity contribution in [1.29, 1.82) is 0 Å². The van der Waals surface area contributed by atoms with Crippen molar-refractivity contribution in [1.82, 2.24) is 15.3 Å². The van der Waals surface area contributed by atoms with Crippen LogP contribution < -0.4 is 15.4 Å².